The summed E-state index contributed by atoms with van der Waals surface area (Å²) in [6, 6.07) is 0. The van der Waals surface area contributed by atoms with Crippen LogP contribution in [0.25, 0.3) is 0 Å². The zero-order chi connectivity index (χ0) is 9.98. The third-order valence-corrected chi connectivity index (χ3v) is 2.63. The molecule has 0 aliphatic heterocycles. The summed E-state index contributed by atoms with van der Waals surface area (Å²) in [5.74, 6) is 1.92. The molecule has 0 N–H and O–H groups in total. The van der Waals surface area contributed by atoms with Gasteiger partial charge in [0.1, 0.15) is 0 Å². The summed E-state index contributed by atoms with van der Waals surface area (Å²) < 4.78 is 0. The average Bonchev–Trinajstić information content (AvgIpc) is 2.16. The number of hydrogen-bond donors (Lipinski definition) is 0. The van der Waals surface area contributed by atoms with Crippen molar-refractivity contribution in [2.24, 2.45) is 11.8 Å². The summed E-state index contributed by atoms with van der Waals surface area (Å²) in [7, 11) is 0. The van der Waals surface area contributed by atoms with Gasteiger partial charge in [0.2, 0.25) is 0 Å². The molecule has 0 aromatic carbocycles. The van der Waals surface area contributed by atoms with E-state index in [4.69, 9.17) is 0 Å². The van der Waals surface area contributed by atoms with E-state index in [1.165, 1.54) is 25.7 Å². The van der Waals surface area contributed by atoms with Crippen LogP contribution in [0.15, 0.2) is 13.2 Å². The second-order valence-corrected chi connectivity index (χ2v) is 3.34. The second-order valence-electron chi connectivity index (χ2n) is 3.34. The lowest BCUT2D eigenvalue weighted by atomic mass is 9.86. The summed E-state index contributed by atoms with van der Waals surface area (Å²) in [4.78, 5) is 0. The Bertz CT molecular complexity index is 76.1. The molecule has 74 valence electrons. The molecule has 0 aliphatic rings. The van der Waals surface area contributed by atoms with Crippen molar-refractivity contribution in [3.05, 3.63) is 13.2 Å². The van der Waals surface area contributed by atoms with Crippen molar-refractivity contribution in [1.82, 2.24) is 0 Å². The van der Waals surface area contributed by atoms with Crippen molar-refractivity contribution in [1.29, 1.82) is 0 Å². The first-order valence-electron chi connectivity index (χ1n) is 5.26. The zero-order valence-corrected chi connectivity index (χ0v) is 9.40. The van der Waals surface area contributed by atoms with Gasteiger partial charge >= 0.3 is 0 Å². The fourth-order valence-corrected chi connectivity index (χ4v) is 1.60. The third-order valence-electron chi connectivity index (χ3n) is 2.63. The summed E-state index contributed by atoms with van der Waals surface area (Å²) in [5.41, 5.74) is 0. The molecule has 2 atom stereocenters. The molecular formula is C12H26. The second kappa shape index (κ2) is 10.7. The Hall–Kier alpha value is -0.260. The third kappa shape index (κ3) is 6.45. The van der Waals surface area contributed by atoms with Crippen LogP contribution in [0, 0.1) is 11.8 Å². The van der Waals surface area contributed by atoms with Crippen LogP contribution < -0.4 is 0 Å². The van der Waals surface area contributed by atoms with Gasteiger partial charge in [0.25, 0.3) is 0 Å². The van der Waals surface area contributed by atoms with Crippen LogP contribution in [0.5, 0.6) is 0 Å². The Kier molecular flexibility index (Phi) is 12.8. The lowest BCUT2D eigenvalue weighted by Gasteiger charge is -2.20. The highest BCUT2D eigenvalue weighted by atomic mass is 14.2. The van der Waals surface area contributed by atoms with Crippen molar-refractivity contribution in [3.63, 3.8) is 0 Å². The average molecular weight is 170 g/mol. The quantitative estimate of drug-likeness (QED) is 0.526. The number of rotatable bonds is 5. The van der Waals surface area contributed by atoms with Gasteiger partial charge in [0, 0.05) is 0 Å². The molecule has 12 heavy (non-hydrogen) atoms. The Morgan fingerprint density at radius 3 is 1.75 bits per heavy atom. The van der Waals surface area contributed by atoms with Crippen molar-refractivity contribution < 1.29 is 0 Å². The first-order valence-corrected chi connectivity index (χ1v) is 5.26. The molecule has 0 saturated heterocycles. The van der Waals surface area contributed by atoms with Gasteiger partial charge in [-0.25, -0.2) is 0 Å². The van der Waals surface area contributed by atoms with Gasteiger partial charge in [-0.15, -0.1) is 13.2 Å². The molecule has 0 aromatic rings. The Labute approximate surface area is 79.1 Å². The molecule has 0 fully saturated rings. The minimum atomic E-state index is 0.935. The summed E-state index contributed by atoms with van der Waals surface area (Å²) in [5, 5.41) is 0. The van der Waals surface area contributed by atoms with Crippen molar-refractivity contribution in [2.75, 3.05) is 0 Å². The van der Waals surface area contributed by atoms with Gasteiger partial charge in [0.05, 0.1) is 0 Å². The zero-order valence-electron chi connectivity index (χ0n) is 9.40. The molecule has 0 amide bonds. The maximum absolute atomic E-state index is 3.00. The lowest BCUT2D eigenvalue weighted by Crippen LogP contribution is -2.09. The first-order chi connectivity index (χ1) is 5.76. The van der Waals surface area contributed by atoms with Crippen LogP contribution in [0.2, 0.25) is 0 Å². The number of hydrogen-bond acceptors (Lipinski definition) is 0. The van der Waals surface area contributed by atoms with Crippen LogP contribution in [0.1, 0.15) is 53.4 Å². The monoisotopic (exact) mass is 170 g/mol. The van der Waals surface area contributed by atoms with Crippen LogP contribution in [0.4, 0.5) is 0 Å². The molecule has 0 radical (unpaired) electrons. The maximum atomic E-state index is 3.00. The summed E-state index contributed by atoms with van der Waals surface area (Å²) >= 11 is 0. The van der Waals surface area contributed by atoms with Gasteiger partial charge in [-0.2, -0.15) is 0 Å². The lowest BCUT2D eigenvalue weighted by molar-refractivity contribution is 0.315. The molecular weight excluding hydrogens is 144 g/mol. The molecule has 0 aromatic heterocycles. The molecule has 0 bridgehead atoms. The van der Waals surface area contributed by atoms with E-state index in [-0.39, 0.29) is 0 Å². The van der Waals surface area contributed by atoms with Crippen LogP contribution >= 0.6 is 0 Å². The SMILES string of the molecule is C=C.CCCC(CC)C(C)CC. The summed E-state index contributed by atoms with van der Waals surface area (Å²) in [6.45, 7) is 15.3. The molecule has 2 unspecified atom stereocenters. The van der Waals surface area contributed by atoms with Crippen molar-refractivity contribution in [2.45, 2.75) is 53.4 Å². The highest BCUT2D eigenvalue weighted by Crippen LogP contribution is 2.22. The van der Waals surface area contributed by atoms with Gasteiger partial charge in [-0.3, -0.25) is 0 Å². The van der Waals surface area contributed by atoms with Crippen molar-refractivity contribution in [3.8, 4) is 0 Å². The minimum absolute atomic E-state index is 0.935. The highest BCUT2D eigenvalue weighted by molar-refractivity contribution is 4.62. The highest BCUT2D eigenvalue weighted by Gasteiger charge is 2.11. The molecule has 0 nitrogen and oxygen atoms in total. The van der Waals surface area contributed by atoms with Gasteiger partial charge < -0.3 is 0 Å². The molecule has 0 rings (SSSR count). The maximum Gasteiger partial charge on any atom is -0.0391 e. The first kappa shape index (κ1) is 14.3. The standard InChI is InChI=1S/C10H22.C2H4/c1-5-8-10(7-3)9(4)6-2;1-2/h9-10H,5-8H2,1-4H3;1-2H2. The molecule has 0 spiro atoms. The van der Waals surface area contributed by atoms with E-state index >= 15 is 0 Å². The van der Waals surface area contributed by atoms with E-state index in [0.717, 1.165) is 11.8 Å². The Morgan fingerprint density at radius 2 is 1.50 bits per heavy atom. The van der Waals surface area contributed by atoms with Crippen LogP contribution in [0.3, 0.4) is 0 Å². The molecule has 0 heteroatoms. The van der Waals surface area contributed by atoms with Crippen molar-refractivity contribution >= 4 is 0 Å². The van der Waals surface area contributed by atoms with E-state index in [1.807, 2.05) is 0 Å². The van der Waals surface area contributed by atoms with E-state index in [2.05, 4.69) is 40.9 Å². The minimum Gasteiger partial charge on any atom is -0.106 e. The fraction of sp³-hybridized carbons (Fsp3) is 0.833. The molecule has 0 saturated carbocycles. The predicted molar refractivity (Wildman–Crippen MR) is 59.4 cm³/mol. The van der Waals surface area contributed by atoms with E-state index < -0.39 is 0 Å². The molecule has 0 aliphatic carbocycles. The largest absolute Gasteiger partial charge is 0.106 e. The Morgan fingerprint density at radius 1 is 1.00 bits per heavy atom. The van der Waals surface area contributed by atoms with E-state index in [0.29, 0.717) is 0 Å². The topological polar surface area (TPSA) is 0 Å². The van der Waals surface area contributed by atoms with Crippen LogP contribution in [-0.2, 0) is 0 Å². The Balaban J connectivity index is 0. The fourth-order valence-electron chi connectivity index (χ4n) is 1.60. The van der Waals surface area contributed by atoms with Crippen LogP contribution in [-0.4, -0.2) is 0 Å². The van der Waals surface area contributed by atoms with E-state index in [1.54, 1.807) is 0 Å². The van der Waals surface area contributed by atoms with Gasteiger partial charge in [-0.1, -0.05) is 53.4 Å². The van der Waals surface area contributed by atoms with Gasteiger partial charge in [-0.05, 0) is 11.8 Å². The van der Waals surface area contributed by atoms with Gasteiger partial charge in [0.15, 0.2) is 0 Å². The smallest absolute Gasteiger partial charge is 0.0391 e. The molecule has 0 heterocycles. The normalized spacial score (nSPS) is 14.3. The predicted octanol–water partition coefficient (Wildman–Crippen LogP) is 4.66. The summed E-state index contributed by atoms with van der Waals surface area (Å²) in [6.07, 6.45) is 5.48. The van der Waals surface area contributed by atoms with E-state index in [9.17, 15) is 0 Å².